The zero-order chi connectivity index (χ0) is 15.0. The highest BCUT2D eigenvalue weighted by Crippen LogP contribution is 2.31. The Morgan fingerprint density at radius 2 is 2.00 bits per heavy atom. The molecule has 4 heteroatoms. The Labute approximate surface area is 135 Å². The molecule has 0 unspecified atom stereocenters. The zero-order valence-corrected chi connectivity index (χ0v) is 13.7. The number of carbonyl (C=O) groups is 1. The molecule has 0 aliphatic rings. The quantitative estimate of drug-likeness (QED) is 0.563. The van der Waals surface area contributed by atoms with Gasteiger partial charge in [-0.2, -0.15) is 0 Å². The molecule has 0 saturated carbocycles. The summed E-state index contributed by atoms with van der Waals surface area (Å²) in [5.74, 6) is 0.592. The van der Waals surface area contributed by atoms with Crippen LogP contribution in [0.5, 0.6) is 0 Å². The smallest absolute Gasteiger partial charge is 0.198 e. The first kappa shape index (κ1) is 14.4. The third kappa shape index (κ3) is 2.52. The number of carbonyl (C=O) groups excluding carboxylic acids is 1. The van der Waals surface area contributed by atoms with Crippen molar-refractivity contribution in [1.82, 2.24) is 0 Å². The van der Waals surface area contributed by atoms with Crippen molar-refractivity contribution < 1.29 is 9.21 Å². The van der Waals surface area contributed by atoms with E-state index in [1.165, 1.54) is 0 Å². The van der Waals surface area contributed by atoms with Gasteiger partial charge in [0.15, 0.2) is 5.78 Å². The van der Waals surface area contributed by atoms with Crippen LogP contribution in [-0.4, -0.2) is 5.78 Å². The fraction of sp³-hybridized carbons (Fsp3) is 0.118. The molecule has 0 fully saturated rings. The molecule has 0 aliphatic carbocycles. The van der Waals surface area contributed by atoms with Crippen LogP contribution in [0.15, 0.2) is 51.4 Å². The van der Waals surface area contributed by atoms with Gasteiger partial charge in [0.1, 0.15) is 11.3 Å². The Hall–Kier alpha value is -1.58. The highest BCUT2D eigenvalue weighted by Gasteiger charge is 2.22. The molecular weight excluding hydrogens is 352 g/mol. The summed E-state index contributed by atoms with van der Waals surface area (Å²) in [6.45, 7) is 1.97. The molecule has 0 bridgehead atoms. The van der Waals surface area contributed by atoms with Crippen LogP contribution in [0.2, 0.25) is 5.02 Å². The van der Waals surface area contributed by atoms with E-state index in [1.54, 1.807) is 12.1 Å². The van der Waals surface area contributed by atoms with Gasteiger partial charge in [-0.1, -0.05) is 52.7 Å². The van der Waals surface area contributed by atoms with Crippen molar-refractivity contribution in [3.8, 4) is 0 Å². The summed E-state index contributed by atoms with van der Waals surface area (Å²) >= 11 is 9.55. The molecule has 3 rings (SSSR count). The van der Waals surface area contributed by atoms with E-state index in [4.69, 9.17) is 16.0 Å². The molecule has 1 aromatic heterocycles. The third-order valence-corrected chi connectivity index (χ3v) is 4.20. The van der Waals surface area contributed by atoms with E-state index in [9.17, 15) is 4.79 Å². The second-order valence-electron chi connectivity index (χ2n) is 4.70. The summed E-state index contributed by atoms with van der Waals surface area (Å²) < 4.78 is 6.63. The lowest BCUT2D eigenvalue weighted by atomic mass is 9.99. The molecule has 3 aromatic rings. The van der Waals surface area contributed by atoms with Gasteiger partial charge in [-0.05, 0) is 24.3 Å². The normalized spacial score (nSPS) is 11.0. The van der Waals surface area contributed by atoms with Crippen LogP contribution in [0.4, 0.5) is 0 Å². The SMILES string of the molecule is CCc1oc2ccccc2c1C(=O)c1ccc(Br)cc1Cl. The minimum absolute atomic E-state index is 0.102. The molecule has 0 aliphatic heterocycles. The summed E-state index contributed by atoms with van der Waals surface area (Å²) in [4.78, 5) is 12.9. The average molecular weight is 364 g/mol. The number of fused-ring (bicyclic) bond motifs is 1. The van der Waals surface area contributed by atoms with Crippen LogP contribution in [0.3, 0.4) is 0 Å². The van der Waals surface area contributed by atoms with E-state index in [2.05, 4.69) is 15.9 Å². The molecule has 1 heterocycles. The van der Waals surface area contributed by atoms with E-state index in [0.29, 0.717) is 28.3 Å². The van der Waals surface area contributed by atoms with Gasteiger partial charge in [0.05, 0.1) is 10.6 Å². The number of halogens is 2. The molecule has 0 amide bonds. The maximum Gasteiger partial charge on any atom is 0.198 e. The maximum absolute atomic E-state index is 12.9. The van der Waals surface area contributed by atoms with Gasteiger partial charge < -0.3 is 4.42 Å². The van der Waals surface area contributed by atoms with E-state index in [-0.39, 0.29) is 5.78 Å². The van der Waals surface area contributed by atoms with E-state index in [0.717, 1.165) is 15.4 Å². The van der Waals surface area contributed by atoms with Crippen molar-refractivity contribution in [2.75, 3.05) is 0 Å². The van der Waals surface area contributed by atoms with Crippen molar-refractivity contribution in [2.45, 2.75) is 13.3 Å². The molecule has 2 nitrogen and oxygen atoms in total. The predicted octanol–water partition coefficient (Wildman–Crippen LogP) is 5.64. The van der Waals surface area contributed by atoms with Crippen molar-refractivity contribution >= 4 is 44.3 Å². The Balaban J connectivity index is 2.21. The number of para-hydroxylation sites is 1. The topological polar surface area (TPSA) is 30.2 Å². The molecule has 0 radical (unpaired) electrons. The standard InChI is InChI=1S/C17H12BrClO2/c1-2-14-16(12-5-3-4-6-15(12)21-14)17(20)11-8-7-10(18)9-13(11)19/h3-9H,2H2,1H3. The van der Waals surface area contributed by atoms with Gasteiger partial charge in [0.2, 0.25) is 0 Å². The van der Waals surface area contributed by atoms with Crippen LogP contribution >= 0.6 is 27.5 Å². The highest BCUT2D eigenvalue weighted by molar-refractivity contribution is 9.10. The van der Waals surface area contributed by atoms with Gasteiger partial charge in [-0.15, -0.1) is 0 Å². The highest BCUT2D eigenvalue weighted by atomic mass is 79.9. The van der Waals surface area contributed by atoms with Gasteiger partial charge >= 0.3 is 0 Å². The average Bonchev–Trinajstić information content (AvgIpc) is 2.85. The molecule has 0 spiro atoms. The summed E-state index contributed by atoms with van der Waals surface area (Å²) in [5, 5.41) is 1.26. The summed E-state index contributed by atoms with van der Waals surface area (Å²) in [5.41, 5.74) is 1.82. The summed E-state index contributed by atoms with van der Waals surface area (Å²) in [6.07, 6.45) is 0.657. The molecule has 106 valence electrons. The van der Waals surface area contributed by atoms with Crippen LogP contribution < -0.4 is 0 Å². The first-order chi connectivity index (χ1) is 10.1. The van der Waals surface area contributed by atoms with E-state index >= 15 is 0 Å². The third-order valence-electron chi connectivity index (χ3n) is 3.39. The Bertz CT molecular complexity index is 836. The molecule has 0 atom stereocenters. The first-order valence-electron chi connectivity index (χ1n) is 6.62. The van der Waals surface area contributed by atoms with Crippen molar-refractivity contribution in [3.63, 3.8) is 0 Å². The molecule has 0 saturated heterocycles. The van der Waals surface area contributed by atoms with Crippen molar-refractivity contribution in [1.29, 1.82) is 0 Å². The lowest BCUT2D eigenvalue weighted by Gasteiger charge is -2.04. The summed E-state index contributed by atoms with van der Waals surface area (Å²) in [6, 6.07) is 12.8. The number of furan rings is 1. The number of benzene rings is 2. The number of ketones is 1. The number of aryl methyl sites for hydroxylation is 1. The van der Waals surface area contributed by atoms with Gasteiger partial charge in [-0.3, -0.25) is 4.79 Å². The van der Waals surface area contributed by atoms with Crippen LogP contribution in [0.1, 0.15) is 28.6 Å². The second kappa shape index (κ2) is 5.66. The molecule has 0 N–H and O–H groups in total. The number of hydrogen-bond donors (Lipinski definition) is 0. The second-order valence-corrected chi connectivity index (χ2v) is 6.03. The van der Waals surface area contributed by atoms with Gasteiger partial charge in [0, 0.05) is 21.8 Å². The van der Waals surface area contributed by atoms with Crippen molar-refractivity contribution in [2.24, 2.45) is 0 Å². The lowest BCUT2D eigenvalue weighted by molar-refractivity contribution is 0.103. The van der Waals surface area contributed by atoms with E-state index in [1.807, 2.05) is 37.3 Å². The summed E-state index contributed by atoms with van der Waals surface area (Å²) in [7, 11) is 0. The predicted molar refractivity (Wildman–Crippen MR) is 88.2 cm³/mol. The minimum Gasteiger partial charge on any atom is -0.460 e. The largest absolute Gasteiger partial charge is 0.460 e. The van der Waals surface area contributed by atoms with Gasteiger partial charge in [0.25, 0.3) is 0 Å². The Morgan fingerprint density at radius 3 is 2.71 bits per heavy atom. The fourth-order valence-electron chi connectivity index (χ4n) is 2.40. The molecule has 21 heavy (non-hydrogen) atoms. The fourth-order valence-corrected chi connectivity index (χ4v) is 3.16. The Morgan fingerprint density at radius 1 is 1.24 bits per heavy atom. The maximum atomic E-state index is 12.9. The zero-order valence-electron chi connectivity index (χ0n) is 11.3. The van der Waals surface area contributed by atoms with Crippen LogP contribution in [0, 0.1) is 0 Å². The van der Waals surface area contributed by atoms with Crippen LogP contribution in [0.25, 0.3) is 11.0 Å². The van der Waals surface area contributed by atoms with E-state index < -0.39 is 0 Å². The first-order valence-corrected chi connectivity index (χ1v) is 7.79. The molecule has 2 aromatic carbocycles. The monoisotopic (exact) mass is 362 g/mol. The Kier molecular flexibility index (Phi) is 3.87. The van der Waals surface area contributed by atoms with Gasteiger partial charge in [-0.25, -0.2) is 0 Å². The number of rotatable bonds is 3. The van der Waals surface area contributed by atoms with Crippen LogP contribution in [-0.2, 0) is 6.42 Å². The van der Waals surface area contributed by atoms with Crippen molar-refractivity contribution in [3.05, 3.63) is 68.8 Å². The molecular formula is C17H12BrClO2. The lowest BCUT2D eigenvalue weighted by Crippen LogP contribution is -2.04. The number of hydrogen-bond acceptors (Lipinski definition) is 2. The minimum atomic E-state index is -0.102.